The second kappa shape index (κ2) is 6.67. The molecule has 5 heteroatoms. The Morgan fingerprint density at radius 1 is 1.29 bits per heavy atom. The second-order valence-electron chi connectivity index (χ2n) is 6.40. The highest BCUT2D eigenvalue weighted by Crippen LogP contribution is 2.25. The number of amides is 1. The van der Waals surface area contributed by atoms with Gasteiger partial charge in [-0.15, -0.1) is 0 Å². The Hall–Kier alpha value is -1.26. The SMILES string of the molecule is CC(C)(C)OC(=O)NCCNC1Cc2ccc(Cl)cc2C1. The highest BCUT2D eigenvalue weighted by atomic mass is 35.5. The lowest BCUT2D eigenvalue weighted by Crippen LogP contribution is -2.39. The van der Waals surface area contributed by atoms with E-state index in [4.69, 9.17) is 16.3 Å². The van der Waals surface area contributed by atoms with E-state index in [0.717, 1.165) is 24.4 Å². The molecule has 0 aromatic heterocycles. The number of benzene rings is 1. The van der Waals surface area contributed by atoms with Gasteiger partial charge in [-0.1, -0.05) is 17.7 Å². The molecule has 1 aromatic carbocycles. The van der Waals surface area contributed by atoms with E-state index in [0.29, 0.717) is 12.6 Å². The van der Waals surface area contributed by atoms with Crippen molar-refractivity contribution < 1.29 is 9.53 Å². The van der Waals surface area contributed by atoms with E-state index in [9.17, 15) is 4.79 Å². The van der Waals surface area contributed by atoms with Gasteiger partial charge in [0, 0.05) is 24.2 Å². The number of hydrogen-bond donors (Lipinski definition) is 2. The normalized spacial score (nSPS) is 17.4. The Morgan fingerprint density at radius 2 is 2.00 bits per heavy atom. The molecule has 0 saturated heterocycles. The molecule has 0 spiro atoms. The van der Waals surface area contributed by atoms with Gasteiger partial charge in [0.1, 0.15) is 5.60 Å². The predicted octanol–water partition coefficient (Wildman–Crippen LogP) is 2.92. The third-order valence-corrected chi connectivity index (χ3v) is 3.56. The minimum absolute atomic E-state index is 0.370. The Labute approximate surface area is 131 Å². The lowest BCUT2D eigenvalue weighted by molar-refractivity contribution is 0.0528. The van der Waals surface area contributed by atoms with Crippen molar-refractivity contribution in [2.45, 2.75) is 45.3 Å². The number of carbonyl (C=O) groups is 1. The minimum atomic E-state index is -0.454. The van der Waals surface area contributed by atoms with Gasteiger partial charge in [-0.2, -0.15) is 0 Å². The topological polar surface area (TPSA) is 50.4 Å². The van der Waals surface area contributed by atoms with Gasteiger partial charge in [-0.05, 0) is 56.9 Å². The van der Waals surface area contributed by atoms with Gasteiger partial charge in [-0.3, -0.25) is 0 Å². The molecule has 1 aromatic rings. The van der Waals surface area contributed by atoms with Gasteiger partial charge < -0.3 is 15.4 Å². The zero-order valence-corrected chi connectivity index (χ0v) is 13.6. The van der Waals surface area contributed by atoms with Gasteiger partial charge in [-0.25, -0.2) is 4.79 Å². The Bertz CT molecular complexity index is 511. The summed E-state index contributed by atoms with van der Waals surface area (Å²) in [6.45, 7) is 6.84. The molecule has 2 N–H and O–H groups in total. The first-order chi connectivity index (χ1) is 9.83. The maximum atomic E-state index is 11.5. The molecule has 116 valence electrons. The summed E-state index contributed by atoms with van der Waals surface area (Å²) in [5, 5.41) is 6.99. The summed E-state index contributed by atoms with van der Waals surface area (Å²) in [6.07, 6.45) is 1.63. The van der Waals surface area contributed by atoms with Crippen LogP contribution in [-0.2, 0) is 17.6 Å². The molecule has 0 aliphatic heterocycles. The first-order valence-electron chi connectivity index (χ1n) is 7.31. The largest absolute Gasteiger partial charge is 0.444 e. The molecule has 1 unspecified atom stereocenters. The molecule has 0 radical (unpaired) electrons. The van der Waals surface area contributed by atoms with Crippen LogP contribution in [-0.4, -0.2) is 30.8 Å². The summed E-state index contributed by atoms with van der Waals surface area (Å²) < 4.78 is 5.18. The van der Waals surface area contributed by atoms with E-state index in [1.165, 1.54) is 11.1 Å². The Morgan fingerprint density at radius 3 is 2.71 bits per heavy atom. The Kier molecular flexibility index (Phi) is 5.12. The quantitative estimate of drug-likeness (QED) is 0.841. The maximum absolute atomic E-state index is 11.5. The molecule has 0 heterocycles. The average molecular weight is 311 g/mol. The first kappa shape index (κ1) is 16.1. The lowest BCUT2D eigenvalue weighted by atomic mass is 10.1. The van der Waals surface area contributed by atoms with E-state index >= 15 is 0 Å². The third-order valence-electron chi connectivity index (χ3n) is 3.33. The van der Waals surface area contributed by atoms with E-state index in [-0.39, 0.29) is 6.09 Å². The standard InChI is InChI=1S/C16H23ClN2O2/c1-16(2,3)21-15(20)19-7-6-18-14-9-11-4-5-13(17)8-12(11)10-14/h4-5,8,14,18H,6-7,9-10H2,1-3H3,(H,19,20). The van der Waals surface area contributed by atoms with Crippen LogP contribution in [0.5, 0.6) is 0 Å². The van der Waals surface area contributed by atoms with Crippen molar-refractivity contribution in [2.24, 2.45) is 0 Å². The fourth-order valence-electron chi connectivity index (χ4n) is 2.49. The van der Waals surface area contributed by atoms with Crippen LogP contribution in [0, 0.1) is 0 Å². The summed E-state index contributed by atoms with van der Waals surface area (Å²) in [5.74, 6) is 0. The van der Waals surface area contributed by atoms with Crippen LogP contribution in [0.4, 0.5) is 4.79 Å². The molecule has 1 aliphatic rings. The van der Waals surface area contributed by atoms with Crippen molar-refractivity contribution in [1.29, 1.82) is 0 Å². The zero-order chi connectivity index (χ0) is 15.5. The maximum Gasteiger partial charge on any atom is 0.407 e. The fourth-order valence-corrected chi connectivity index (χ4v) is 2.68. The van der Waals surface area contributed by atoms with Crippen molar-refractivity contribution in [3.8, 4) is 0 Å². The smallest absolute Gasteiger partial charge is 0.407 e. The predicted molar refractivity (Wildman–Crippen MR) is 84.9 cm³/mol. The zero-order valence-electron chi connectivity index (χ0n) is 12.8. The molecule has 0 fully saturated rings. The molecule has 21 heavy (non-hydrogen) atoms. The van der Waals surface area contributed by atoms with Gasteiger partial charge in [0.05, 0.1) is 0 Å². The number of alkyl carbamates (subject to hydrolysis) is 1. The van der Waals surface area contributed by atoms with E-state index in [1.807, 2.05) is 32.9 Å². The van der Waals surface area contributed by atoms with Crippen LogP contribution in [0.3, 0.4) is 0 Å². The molecule has 4 nitrogen and oxygen atoms in total. The van der Waals surface area contributed by atoms with Gasteiger partial charge in [0.25, 0.3) is 0 Å². The van der Waals surface area contributed by atoms with Crippen molar-refractivity contribution >= 4 is 17.7 Å². The summed E-state index contributed by atoms with van der Waals surface area (Å²) in [7, 11) is 0. The average Bonchev–Trinajstić information content (AvgIpc) is 2.74. The number of rotatable bonds is 4. The molecule has 1 amide bonds. The van der Waals surface area contributed by atoms with Gasteiger partial charge >= 0.3 is 6.09 Å². The van der Waals surface area contributed by atoms with Crippen LogP contribution < -0.4 is 10.6 Å². The van der Waals surface area contributed by atoms with Crippen molar-refractivity contribution in [2.75, 3.05) is 13.1 Å². The number of fused-ring (bicyclic) bond motifs is 1. The number of halogens is 1. The lowest BCUT2D eigenvalue weighted by Gasteiger charge is -2.20. The molecule has 1 atom stereocenters. The molecule has 1 aliphatic carbocycles. The van der Waals surface area contributed by atoms with Crippen LogP contribution in [0.15, 0.2) is 18.2 Å². The third kappa shape index (κ3) is 5.21. The summed E-state index contributed by atoms with van der Waals surface area (Å²) >= 11 is 6.00. The van der Waals surface area contributed by atoms with Crippen LogP contribution in [0.2, 0.25) is 5.02 Å². The number of nitrogens with one attached hydrogen (secondary N) is 2. The molecular weight excluding hydrogens is 288 g/mol. The second-order valence-corrected chi connectivity index (χ2v) is 6.84. The van der Waals surface area contributed by atoms with Crippen LogP contribution in [0.1, 0.15) is 31.9 Å². The molecular formula is C16H23ClN2O2. The van der Waals surface area contributed by atoms with Gasteiger partial charge in [0.15, 0.2) is 0 Å². The van der Waals surface area contributed by atoms with E-state index in [2.05, 4.69) is 16.7 Å². The summed E-state index contributed by atoms with van der Waals surface area (Å²) in [6, 6.07) is 6.49. The molecule has 2 rings (SSSR count). The highest BCUT2D eigenvalue weighted by molar-refractivity contribution is 6.30. The van der Waals surface area contributed by atoms with Crippen molar-refractivity contribution in [1.82, 2.24) is 10.6 Å². The summed E-state index contributed by atoms with van der Waals surface area (Å²) in [4.78, 5) is 11.5. The van der Waals surface area contributed by atoms with Crippen molar-refractivity contribution in [3.63, 3.8) is 0 Å². The number of ether oxygens (including phenoxy) is 1. The summed E-state index contributed by atoms with van der Waals surface area (Å²) in [5.41, 5.74) is 2.22. The first-order valence-corrected chi connectivity index (χ1v) is 7.69. The van der Waals surface area contributed by atoms with E-state index < -0.39 is 5.60 Å². The Balaban J connectivity index is 1.66. The molecule has 0 bridgehead atoms. The highest BCUT2D eigenvalue weighted by Gasteiger charge is 2.21. The number of hydrogen-bond acceptors (Lipinski definition) is 3. The molecule has 0 saturated carbocycles. The minimum Gasteiger partial charge on any atom is -0.444 e. The van der Waals surface area contributed by atoms with Crippen LogP contribution >= 0.6 is 11.6 Å². The van der Waals surface area contributed by atoms with Crippen LogP contribution in [0.25, 0.3) is 0 Å². The monoisotopic (exact) mass is 310 g/mol. The number of carbonyl (C=O) groups excluding carboxylic acids is 1. The van der Waals surface area contributed by atoms with Gasteiger partial charge in [0.2, 0.25) is 0 Å². The van der Waals surface area contributed by atoms with E-state index in [1.54, 1.807) is 0 Å². The fraction of sp³-hybridized carbons (Fsp3) is 0.562. The van der Waals surface area contributed by atoms with Crippen molar-refractivity contribution in [3.05, 3.63) is 34.3 Å².